The van der Waals surface area contributed by atoms with Gasteiger partial charge in [-0.05, 0) is 27.6 Å². The van der Waals surface area contributed by atoms with Gasteiger partial charge in [0.05, 0.1) is 0 Å². The van der Waals surface area contributed by atoms with Gasteiger partial charge < -0.3 is 2.85 Å². The third-order valence-corrected chi connectivity index (χ3v) is 3.37. The van der Waals surface area contributed by atoms with E-state index in [2.05, 4.69) is 70.5 Å². The van der Waals surface area contributed by atoms with Crippen LogP contribution in [-0.2, 0) is 0 Å². The van der Waals surface area contributed by atoms with Crippen molar-refractivity contribution in [3.8, 4) is 0 Å². The second-order valence-electron chi connectivity index (χ2n) is 3.63. The monoisotopic (exact) mass is 282 g/mol. The molecule has 0 heterocycles. The summed E-state index contributed by atoms with van der Waals surface area (Å²) in [6.45, 7) is 0. The van der Waals surface area contributed by atoms with Crippen molar-refractivity contribution in [3.63, 3.8) is 0 Å². The molecule has 0 aromatic heterocycles. The van der Waals surface area contributed by atoms with Gasteiger partial charge in [0, 0.05) is 4.47 Å². The molecule has 0 saturated heterocycles. The summed E-state index contributed by atoms with van der Waals surface area (Å²) >= 11 is 3.62. The molecule has 0 atom stereocenters. The molecular formula is C14H11BrMg. The molecule has 0 radical (unpaired) electrons. The zero-order valence-corrected chi connectivity index (χ0v) is 11.8. The van der Waals surface area contributed by atoms with Crippen molar-refractivity contribution in [1.82, 2.24) is 0 Å². The Kier molecular flexibility index (Phi) is 3.52. The standard InChI is InChI=1S/C14H9Br.Mg.2H/c15-14-9-10-5-1-2-6-11(10)12-7-3-4-8-13(12)14;;;/h1-9H;;;/q;+2;2*-1. The van der Waals surface area contributed by atoms with Gasteiger partial charge in [0.1, 0.15) is 0 Å². The van der Waals surface area contributed by atoms with Crippen LogP contribution in [0.4, 0.5) is 0 Å². The van der Waals surface area contributed by atoms with Gasteiger partial charge in [-0.15, -0.1) is 0 Å². The summed E-state index contributed by atoms with van der Waals surface area (Å²) in [6, 6.07) is 19.1. The normalized spacial score (nSPS) is 10.3. The second-order valence-corrected chi connectivity index (χ2v) is 4.48. The first-order valence-electron chi connectivity index (χ1n) is 4.92. The minimum absolute atomic E-state index is 0. The van der Waals surface area contributed by atoms with Gasteiger partial charge in [0.15, 0.2) is 0 Å². The zero-order chi connectivity index (χ0) is 10.3. The summed E-state index contributed by atoms with van der Waals surface area (Å²) in [5, 5.41) is 5.18. The Balaban J connectivity index is 0.000000963. The van der Waals surface area contributed by atoms with Crippen molar-refractivity contribution in [3.05, 3.63) is 59.1 Å². The Bertz CT molecular complexity index is 655. The molecule has 3 aromatic rings. The van der Waals surface area contributed by atoms with Crippen molar-refractivity contribution in [2.24, 2.45) is 0 Å². The number of hydrogen-bond acceptors (Lipinski definition) is 0. The van der Waals surface area contributed by atoms with Gasteiger partial charge in [0.2, 0.25) is 0 Å². The van der Waals surface area contributed by atoms with Crippen molar-refractivity contribution in [2.75, 3.05) is 0 Å². The van der Waals surface area contributed by atoms with Gasteiger partial charge in [-0.2, -0.15) is 0 Å². The minimum atomic E-state index is 0. The predicted octanol–water partition coefficient (Wildman–Crippen LogP) is 4.60. The maximum absolute atomic E-state index is 3.62. The molecule has 0 aliphatic carbocycles. The first kappa shape index (κ1) is 11.9. The van der Waals surface area contributed by atoms with Gasteiger partial charge in [0.25, 0.3) is 0 Å². The van der Waals surface area contributed by atoms with E-state index in [0.29, 0.717) is 0 Å². The van der Waals surface area contributed by atoms with Gasteiger partial charge in [-0.25, -0.2) is 0 Å². The molecule has 0 saturated carbocycles. The van der Waals surface area contributed by atoms with Crippen LogP contribution in [0.3, 0.4) is 0 Å². The zero-order valence-electron chi connectivity index (χ0n) is 10.8. The molecule has 16 heavy (non-hydrogen) atoms. The van der Waals surface area contributed by atoms with Crippen LogP contribution in [0.15, 0.2) is 59.1 Å². The third-order valence-electron chi connectivity index (χ3n) is 2.72. The summed E-state index contributed by atoms with van der Waals surface area (Å²) in [5.74, 6) is 0. The molecule has 0 bridgehead atoms. The quantitative estimate of drug-likeness (QED) is 0.418. The maximum Gasteiger partial charge on any atom is 2.00 e. The van der Waals surface area contributed by atoms with Gasteiger partial charge >= 0.3 is 23.1 Å². The largest absolute Gasteiger partial charge is 2.00 e. The molecular weight excluding hydrogens is 272 g/mol. The van der Waals surface area contributed by atoms with Crippen LogP contribution in [0.2, 0.25) is 0 Å². The van der Waals surface area contributed by atoms with Gasteiger partial charge in [-0.1, -0.05) is 64.5 Å². The number of benzene rings is 3. The average Bonchev–Trinajstić information content (AvgIpc) is 2.30. The molecule has 0 nitrogen and oxygen atoms in total. The van der Waals surface area contributed by atoms with Crippen LogP contribution in [0, 0.1) is 0 Å². The van der Waals surface area contributed by atoms with Crippen LogP contribution in [0.5, 0.6) is 0 Å². The summed E-state index contributed by atoms with van der Waals surface area (Å²) < 4.78 is 1.16. The van der Waals surface area contributed by atoms with Crippen LogP contribution < -0.4 is 0 Å². The van der Waals surface area contributed by atoms with Crippen LogP contribution in [-0.4, -0.2) is 23.1 Å². The molecule has 0 aliphatic heterocycles. The Labute approximate surface area is 122 Å². The number of halogens is 1. The minimum Gasteiger partial charge on any atom is -1.00 e. The van der Waals surface area contributed by atoms with Crippen LogP contribution in [0.25, 0.3) is 21.5 Å². The maximum atomic E-state index is 3.62. The number of fused-ring (bicyclic) bond motifs is 3. The van der Waals surface area contributed by atoms with E-state index in [1.165, 1.54) is 21.5 Å². The third kappa shape index (κ3) is 1.86. The molecule has 0 unspecified atom stereocenters. The summed E-state index contributed by atoms with van der Waals surface area (Å²) in [6.07, 6.45) is 0. The first-order chi connectivity index (χ1) is 7.36. The van der Waals surface area contributed by atoms with E-state index in [1.54, 1.807) is 0 Å². The SMILES string of the molecule is Brc1cc2ccccc2c2ccccc12.[H-].[H-].[Mg+2]. The molecule has 3 aromatic carbocycles. The van der Waals surface area contributed by atoms with E-state index in [-0.39, 0.29) is 25.9 Å². The van der Waals surface area contributed by atoms with Crippen molar-refractivity contribution in [2.45, 2.75) is 0 Å². The van der Waals surface area contributed by atoms with E-state index in [1.807, 2.05) is 0 Å². The number of hydrogen-bond donors (Lipinski definition) is 0. The smallest absolute Gasteiger partial charge is 1.00 e. The Morgan fingerprint density at radius 3 is 2.06 bits per heavy atom. The van der Waals surface area contributed by atoms with E-state index in [0.717, 1.165) is 4.47 Å². The Hall–Kier alpha value is -0.574. The van der Waals surface area contributed by atoms with Crippen molar-refractivity contribution < 1.29 is 2.85 Å². The second kappa shape index (κ2) is 4.74. The summed E-state index contributed by atoms with van der Waals surface area (Å²) in [4.78, 5) is 0. The number of rotatable bonds is 0. The fourth-order valence-corrected chi connectivity index (χ4v) is 2.60. The van der Waals surface area contributed by atoms with Gasteiger partial charge in [-0.3, -0.25) is 0 Å². The summed E-state index contributed by atoms with van der Waals surface area (Å²) in [7, 11) is 0. The fraction of sp³-hybridized carbons (Fsp3) is 0. The van der Waals surface area contributed by atoms with E-state index in [4.69, 9.17) is 0 Å². The average molecular weight is 283 g/mol. The molecule has 76 valence electrons. The van der Waals surface area contributed by atoms with Crippen LogP contribution in [0.1, 0.15) is 2.85 Å². The fourth-order valence-electron chi connectivity index (χ4n) is 2.01. The first-order valence-corrected chi connectivity index (χ1v) is 5.71. The van der Waals surface area contributed by atoms with Crippen LogP contribution >= 0.6 is 15.9 Å². The topological polar surface area (TPSA) is 0 Å². The molecule has 2 heteroatoms. The van der Waals surface area contributed by atoms with Crippen molar-refractivity contribution in [1.29, 1.82) is 0 Å². The van der Waals surface area contributed by atoms with E-state index in [9.17, 15) is 0 Å². The van der Waals surface area contributed by atoms with E-state index >= 15 is 0 Å². The molecule has 3 rings (SSSR count). The molecule has 0 amide bonds. The van der Waals surface area contributed by atoms with Crippen molar-refractivity contribution >= 4 is 60.5 Å². The summed E-state index contributed by atoms with van der Waals surface area (Å²) in [5.41, 5.74) is 0. The van der Waals surface area contributed by atoms with E-state index < -0.39 is 0 Å². The molecule has 0 aliphatic rings. The Morgan fingerprint density at radius 1 is 0.750 bits per heavy atom. The molecule has 0 N–H and O–H groups in total. The molecule has 0 fully saturated rings. The predicted molar refractivity (Wildman–Crippen MR) is 77.1 cm³/mol. The molecule has 0 spiro atoms. The Morgan fingerprint density at radius 2 is 1.31 bits per heavy atom.